The summed E-state index contributed by atoms with van der Waals surface area (Å²) in [7, 11) is 1.68. The van der Waals surface area contributed by atoms with Crippen LogP contribution >= 0.6 is 0 Å². The highest BCUT2D eigenvalue weighted by molar-refractivity contribution is 5.83. The van der Waals surface area contributed by atoms with Crippen molar-refractivity contribution in [3.63, 3.8) is 0 Å². The SMILES string of the molecule is CN(C(=O)N1C[C@H](O)C[C@H]1C(=O)O)C1CCOCC1. The summed E-state index contributed by atoms with van der Waals surface area (Å²) in [5, 5.41) is 18.7. The molecule has 0 radical (unpaired) electrons. The number of carboxylic acid groups (broad SMARTS) is 1. The van der Waals surface area contributed by atoms with Gasteiger partial charge < -0.3 is 24.7 Å². The third-order valence-electron chi connectivity index (χ3n) is 3.85. The molecule has 0 unspecified atom stereocenters. The van der Waals surface area contributed by atoms with Gasteiger partial charge in [0.1, 0.15) is 6.04 Å². The number of hydrogen-bond donors (Lipinski definition) is 2. The molecule has 0 aromatic rings. The fourth-order valence-corrected chi connectivity index (χ4v) is 2.69. The van der Waals surface area contributed by atoms with E-state index in [1.165, 1.54) is 4.90 Å². The molecule has 2 fully saturated rings. The Morgan fingerprint density at radius 1 is 1.32 bits per heavy atom. The molecule has 2 atom stereocenters. The maximum Gasteiger partial charge on any atom is 0.326 e. The molecule has 0 bridgehead atoms. The first-order valence-electron chi connectivity index (χ1n) is 6.52. The molecule has 2 saturated heterocycles. The summed E-state index contributed by atoms with van der Waals surface area (Å²) in [6.07, 6.45) is 0.864. The van der Waals surface area contributed by atoms with Crippen LogP contribution in [0.3, 0.4) is 0 Å². The van der Waals surface area contributed by atoms with Gasteiger partial charge in [-0.3, -0.25) is 0 Å². The number of ether oxygens (including phenoxy) is 1. The smallest absolute Gasteiger partial charge is 0.326 e. The van der Waals surface area contributed by atoms with Crippen LogP contribution in [0, 0.1) is 0 Å². The molecule has 2 N–H and O–H groups in total. The van der Waals surface area contributed by atoms with Crippen LogP contribution in [0.5, 0.6) is 0 Å². The number of nitrogens with zero attached hydrogens (tertiary/aromatic N) is 2. The fourth-order valence-electron chi connectivity index (χ4n) is 2.69. The summed E-state index contributed by atoms with van der Waals surface area (Å²) in [4.78, 5) is 26.3. The number of aliphatic carboxylic acids is 1. The van der Waals surface area contributed by atoms with Gasteiger partial charge in [0.05, 0.1) is 6.10 Å². The van der Waals surface area contributed by atoms with Gasteiger partial charge in [-0.25, -0.2) is 9.59 Å². The first kappa shape index (κ1) is 14.1. The standard InChI is InChI=1S/C12H20N2O5/c1-13(8-2-4-19-5-3-8)12(18)14-7-9(15)6-10(14)11(16)17/h8-10,15H,2-7H2,1H3,(H,16,17)/t9-,10+/m1/s1. The van der Waals surface area contributed by atoms with Gasteiger partial charge >= 0.3 is 12.0 Å². The summed E-state index contributed by atoms with van der Waals surface area (Å²) in [5.74, 6) is -1.06. The topological polar surface area (TPSA) is 90.3 Å². The average Bonchev–Trinajstić information content (AvgIpc) is 2.80. The van der Waals surface area contributed by atoms with E-state index in [4.69, 9.17) is 9.84 Å². The van der Waals surface area contributed by atoms with Crippen molar-refractivity contribution < 1.29 is 24.5 Å². The Morgan fingerprint density at radius 3 is 2.53 bits per heavy atom. The zero-order chi connectivity index (χ0) is 14.0. The lowest BCUT2D eigenvalue weighted by Gasteiger charge is -2.35. The number of amides is 2. The van der Waals surface area contributed by atoms with Crippen LogP contribution in [0.4, 0.5) is 4.79 Å². The third-order valence-corrected chi connectivity index (χ3v) is 3.85. The number of rotatable bonds is 2. The zero-order valence-corrected chi connectivity index (χ0v) is 11.0. The number of hydrogen-bond acceptors (Lipinski definition) is 4. The van der Waals surface area contributed by atoms with Gasteiger partial charge in [0, 0.05) is 39.3 Å². The Kier molecular flexibility index (Phi) is 4.26. The van der Waals surface area contributed by atoms with Crippen molar-refractivity contribution in [3.8, 4) is 0 Å². The van der Waals surface area contributed by atoms with E-state index in [1.807, 2.05) is 0 Å². The summed E-state index contributed by atoms with van der Waals surface area (Å²) in [6.45, 7) is 1.32. The minimum atomic E-state index is -1.06. The number of carbonyl (C=O) groups excluding carboxylic acids is 1. The van der Waals surface area contributed by atoms with Crippen LogP contribution in [0.2, 0.25) is 0 Å². The van der Waals surface area contributed by atoms with Gasteiger partial charge in [-0.2, -0.15) is 0 Å². The quantitative estimate of drug-likeness (QED) is 0.722. The number of carbonyl (C=O) groups is 2. The Labute approximate surface area is 111 Å². The van der Waals surface area contributed by atoms with Crippen LogP contribution < -0.4 is 0 Å². The van der Waals surface area contributed by atoms with E-state index in [0.29, 0.717) is 13.2 Å². The number of aliphatic hydroxyl groups excluding tert-OH is 1. The Bertz CT molecular complexity index is 356. The van der Waals surface area contributed by atoms with Crippen LogP contribution in [0.25, 0.3) is 0 Å². The summed E-state index contributed by atoms with van der Waals surface area (Å²) >= 11 is 0. The van der Waals surface area contributed by atoms with E-state index >= 15 is 0 Å². The highest BCUT2D eigenvalue weighted by Crippen LogP contribution is 2.22. The predicted molar refractivity (Wildman–Crippen MR) is 65.8 cm³/mol. The molecule has 0 aliphatic carbocycles. The normalized spacial score (nSPS) is 28.4. The van der Waals surface area contributed by atoms with Crippen molar-refractivity contribution in [1.29, 1.82) is 0 Å². The molecule has 19 heavy (non-hydrogen) atoms. The van der Waals surface area contributed by atoms with E-state index < -0.39 is 18.1 Å². The van der Waals surface area contributed by atoms with Gasteiger partial charge in [0.2, 0.25) is 0 Å². The first-order valence-corrected chi connectivity index (χ1v) is 6.52. The lowest BCUT2D eigenvalue weighted by atomic mass is 10.1. The maximum atomic E-state index is 12.3. The first-order chi connectivity index (χ1) is 9.00. The minimum absolute atomic E-state index is 0.0773. The fraction of sp³-hybridized carbons (Fsp3) is 0.833. The van der Waals surface area contributed by atoms with Crippen LogP contribution in [-0.2, 0) is 9.53 Å². The molecule has 2 aliphatic rings. The van der Waals surface area contributed by atoms with E-state index in [2.05, 4.69) is 0 Å². The molecule has 2 rings (SSSR count). The lowest BCUT2D eigenvalue weighted by molar-refractivity contribution is -0.141. The second-order valence-electron chi connectivity index (χ2n) is 5.13. The largest absolute Gasteiger partial charge is 0.480 e. The number of carboxylic acids is 1. The molecular weight excluding hydrogens is 252 g/mol. The van der Waals surface area contributed by atoms with E-state index in [-0.39, 0.29) is 25.0 Å². The Balaban J connectivity index is 2.02. The summed E-state index contributed by atoms with van der Waals surface area (Å²) in [5.41, 5.74) is 0. The van der Waals surface area contributed by atoms with Crippen LogP contribution in [0.15, 0.2) is 0 Å². The van der Waals surface area contributed by atoms with Crippen molar-refractivity contribution in [2.75, 3.05) is 26.8 Å². The third kappa shape index (κ3) is 2.98. The molecule has 108 valence electrons. The second-order valence-corrected chi connectivity index (χ2v) is 5.13. The highest BCUT2D eigenvalue weighted by Gasteiger charge is 2.41. The van der Waals surface area contributed by atoms with E-state index in [9.17, 15) is 14.7 Å². The molecule has 7 nitrogen and oxygen atoms in total. The molecule has 0 aromatic heterocycles. The highest BCUT2D eigenvalue weighted by atomic mass is 16.5. The monoisotopic (exact) mass is 272 g/mol. The number of likely N-dealkylation sites (tertiary alicyclic amines) is 1. The number of aliphatic hydroxyl groups is 1. The summed E-state index contributed by atoms with van der Waals surface area (Å²) in [6, 6.07) is -1.17. The summed E-state index contributed by atoms with van der Waals surface area (Å²) < 4.78 is 5.25. The van der Waals surface area contributed by atoms with Gasteiger partial charge in [0.25, 0.3) is 0 Å². The van der Waals surface area contributed by atoms with Crippen molar-refractivity contribution >= 4 is 12.0 Å². The van der Waals surface area contributed by atoms with Gasteiger partial charge in [-0.05, 0) is 12.8 Å². The van der Waals surface area contributed by atoms with Crippen LogP contribution in [-0.4, -0.2) is 77.0 Å². The number of urea groups is 1. The average molecular weight is 272 g/mol. The van der Waals surface area contributed by atoms with Crippen molar-refractivity contribution in [2.45, 2.75) is 37.5 Å². The maximum absolute atomic E-state index is 12.3. The van der Waals surface area contributed by atoms with Gasteiger partial charge in [0.15, 0.2) is 0 Å². The Hall–Kier alpha value is -1.34. The predicted octanol–water partition coefficient (Wildman–Crippen LogP) is -0.263. The second kappa shape index (κ2) is 5.75. The molecule has 7 heteroatoms. The van der Waals surface area contributed by atoms with Crippen molar-refractivity contribution in [3.05, 3.63) is 0 Å². The molecule has 0 aromatic carbocycles. The molecule has 2 aliphatic heterocycles. The van der Waals surface area contributed by atoms with Crippen LogP contribution in [0.1, 0.15) is 19.3 Å². The lowest BCUT2D eigenvalue weighted by Crippen LogP contribution is -2.51. The molecule has 0 saturated carbocycles. The zero-order valence-electron chi connectivity index (χ0n) is 11.0. The van der Waals surface area contributed by atoms with E-state index in [1.54, 1.807) is 11.9 Å². The van der Waals surface area contributed by atoms with E-state index in [0.717, 1.165) is 12.8 Å². The minimum Gasteiger partial charge on any atom is -0.480 e. The number of β-amino-alcohol motifs (C(OH)–C–C–N with tert-alkyl or cyclic N) is 1. The molecule has 2 amide bonds. The molecule has 2 heterocycles. The molecular formula is C12H20N2O5. The Morgan fingerprint density at radius 2 is 1.95 bits per heavy atom. The van der Waals surface area contributed by atoms with Crippen molar-refractivity contribution in [2.24, 2.45) is 0 Å². The van der Waals surface area contributed by atoms with Crippen molar-refractivity contribution in [1.82, 2.24) is 9.80 Å². The van der Waals surface area contributed by atoms with Gasteiger partial charge in [-0.15, -0.1) is 0 Å². The molecule has 0 spiro atoms. The van der Waals surface area contributed by atoms with Gasteiger partial charge in [-0.1, -0.05) is 0 Å².